The molecule has 5 rings (SSSR count). The number of aryl methyl sites for hydroxylation is 1. The van der Waals surface area contributed by atoms with Gasteiger partial charge in [0.2, 0.25) is 10.0 Å². The SMILES string of the molecule is O=c1[nH]c2ccc(S(=O)(=O)N3CCCC3c3nnc4n3CCCCC4)cc2[nH]c1=O. The zero-order chi connectivity index (χ0) is 20.9. The van der Waals surface area contributed by atoms with Crippen molar-refractivity contribution in [2.75, 3.05) is 6.54 Å². The summed E-state index contributed by atoms with van der Waals surface area (Å²) in [5.74, 6) is 1.64. The van der Waals surface area contributed by atoms with Gasteiger partial charge in [0.15, 0.2) is 5.82 Å². The number of nitrogens with zero attached hydrogens (tertiary/aromatic N) is 4. The molecule has 0 amide bonds. The minimum absolute atomic E-state index is 0.0696. The molecule has 0 radical (unpaired) electrons. The Morgan fingerprint density at radius 3 is 2.57 bits per heavy atom. The molecule has 1 aromatic carbocycles. The Hall–Kier alpha value is -2.79. The fraction of sp³-hybridized carbons (Fsp3) is 0.474. The van der Waals surface area contributed by atoms with E-state index in [0.29, 0.717) is 24.3 Å². The number of H-pyrrole nitrogens is 2. The van der Waals surface area contributed by atoms with Gasteiger partial charge in [-0.3, -0.25) is 9.59 Å². The molecule has 1 fully saturated rings. The van der Waals surface area contributed by atoms with Crippen molar-refractivity contribution in [3.05, 3.63) is 50.6 Å². The van der Waals surface area contributed by atoms with Gasteiger partial charge in [-0.15, -0.1) is 10.2 Å². The van der Waals surface area contributed by atoms with E-state index in [9.17, 15) is 18.0 Å². The van der Waals surface area contributed by atoms with Crippen molar-refractivity contribution < 1.29 is 8.42 Å². The van der Waals surface area contributed by atoms with Crippen LogP contribution in [0.1, 0.15) is 49.8 Å². The first-order valence-electron chi connectivity index (χ1n) is 10.2. The summed E-state index contributed by atoms with van der Waals surface area (Å²) in [6, 6.07) is 3.97. The fourth-order valence-corrected chi connectivity index (χ4v) is 6.11. The van der Waals surface area contributed by atoms with Crippen molar-refractivity contribution in [3.8, 4) is 0 Å². The Morgan fingerprint density at radius 2 is 1.73 bits per heavy atom. The van der Waals surface area contributed by atoms with E-state index in [2.05, 4.69) is 24.7 Å². The highest BCUT2D eigenvalue weighted by atomic mass is 32.2. The molecular formula is C19H22N6O4S. The molecule has 2 aliphatic rings. The first kappa shape index (κ1) is 19.2. The third-order valence-electron chi connectivity index (χ3n) is 5.94. The highest BCUT2D eigenvalue weighted by Crippen LogP contribution is 2.37. The number of fused-ring (bicyclic) bond motifs is 2. The maximum absolute atomic E-state index is 13.5. The highest BCUT2D eigenvalue weighted by Gasteiger charge is 2.39. The predicted molar refractivity (Wildman–Crippen MR) is 109 cm³/mol. The Morgan fingerprint density at radius 1 is 0.933 bits per heavy atom. The van der Waals surface area contributed by atoms with E-state index in [1.54, 1.807) is 0 Å². The molecule has 0 aliphatic carbocycles. The minimum atomic E-state index is -3.83. The van der Waals surface area contributed by atoms with Gasteiger partial charge < -0.3 is 14.5 Å². The lowest BCUT2D eigenvalue weighted by Gasteiger charge is -2.24. The maximum atomic E-state index is 13.5. The molecule has 3 aromatic rings. The van der Waals surface area contributed by atoms with Gasteiger partial charge in [-0.1, -0.05) is 6.42 Å². The highest BCUT2D eigenvalue weighted by molar-refractivity contribution is 7.89. The standard InChI is InChI=1S/C19H22N6O4S/c26-18-19(27)21-14-11-12(7-8-13(14)20-18)30(28,29)25-10-4-5-15(25)17-23-22-16-6-2-1-3-9-24(16)17/h7-8,11,15H,1-6,9-10H2,(H,20,26)(H,21,27). The number of aromatic nitrogens is 5. The summed E-state index contributed by atoms with van der Waals surface area (Å²) in [7, 11) is -3.83. The Kier molecular flexibility index (Phi) is 4.58. The van der Waals surface area contributed by atoms with Crippen LogP contribution >= 0.6 is 0 Å². The van der Waals surface area contributed by atoms with Crippen LogP contribution in [-0.2, 0) is 23.0 Å². The van der Waals surface area contributed by atoms with Crippen molar-refractivity contribution in [1.82, 2.24) is 29.0 Å². The summed E-state index contributed by atoms with van der Waals surface area (Å²) in [5, 5.41) is 8.70. The van der Waals surface area contributed by atoms with Crippen molar-refractivity contribution in [1.29, 1.82) is 0 Å². The van der Waals surface area contributed by atoms with Crippen LogP contribution < -0.4 is 11.1 Å². The fourth-order valence-electron chi connectivity index (χ4n) is 4.43. The van der Waals surface area contributed by atoms with Gasteiger partial charge in [-0.2, -0.15) is 4.31 Å². The van der Waals surface area contributed by atoms with E-state index in [0.717, 1.165) is 44.5 Å². The zero-order valence-corrected chi connectivity index (χ0v) is 17.1. The maximum Gasteiger partial charge on any atom is 0.314 e. The third kappa shape index (κ3) is 3.08. The Balaban J connectivity index is 1.55. The van der Waals surface area contributed by atoms with E-state index in [1.165, 1.54) is 22.5 Å². The average Bonchev–Trinajstić information content (AvgIpc) is 3.30. The molecular weight excluding hydrogens is 408 g/mol. The molecule has 158 valence electrons. The molecule has 0 saturated carbocycles. The molecule has 2 aliphatic heterocycles. The van der Waals surface area contributed by atoms with Crippen LogP contribution in [0.2, 0.25) is 0 Å². The second-order valence-corrected chi connectivity index (χ2v) is 9.72. The molecule has 1 atom stereocenters. The number of hydrogen-bond acceptors (Lipinski definition) is 6. The van der Waals surface area contributed by atoms with E-state index in [1.807, 2.05) is 0 Å². The number of benzene rings is 1. The van der Waals surface area contributed by atoms with Gasteiger partial charge >= 0.3 is 11.1 Å². The summed E-state index contributed by atoms with van der Waals surface area (Å²) in [6.07, 6.45) is 5.53. The molecule has 1 saturated heterocycles. The predicted octanol–water partition coefficient (Wildman–Crippen LogP) is 1.06. The second kappa shape index (κ2) is 7.17. The molecule has 4 heterocycles. The molecule has 1 unspecified atom stereocenters. The smallest absolute Gasteiger partial charge is 0.314 e. The van der Waals surface area contributed by atoms with Crippen LogP contribution in [0, 0.1) is 0 Å². The zero-order valence-electron chi connectivity index (χ0n) is 16.3. The van der Waals surface area contributed by atoms with Gasteiger partial charge in [0, 0.05) is 19.5 Å². The summed E-state index contributed by atoms with van der Waals surface area (Å²) >= 11 is 0. The number of rotatable bonds is 3. The topological polar surface area (TPSA) is 134 Å². The molecule has 30 heavy (non-hydrogen) atoms. The number of aromatic amines is 2. The van der Waals surface area contributed by atoms with Crippen molar-refractivity contribution in [2.45, 2.75) is 56.0 Å². The summed E-state index contributed by atoms with van der Waals surface area (Å²) in [6.45, 7) is 1.21. The lowest BCUT2D eigenvalue weighted by atomic mass is 10.2. The van der Waals surface area contributed by atoms with Crippen LogP contribution in [0.25, 0.3) is 11.0 Å². The number of sulfonamides is 1. The largest absolute Gasteiger partial charge is 0.316 e. The van der Waals surface area contributed by atoms with Crippen LogP contribution in [-0.4, -0.2) is 44.0 Å². The van der Waals surface area contributed by atoms with Gasteiger partial charge in [-0.25, -0.2) is 8.42 Å². The lowest BCUT2D eigenvalue weighted by molar-refractivity contribution is 0.370. The van der Waals surface area contributed by atoms with E-state index < -0.39 is 21.1 Å². The van der Waals surface area contributed by atoms with Crippen molar-refractivity contribution >= 4 is 21.1 Å². The molecule has 0 bridgehead atoms. The summed E-state index contributed by atoms with van der Waals surface area (Å²) < 4.78 is 30.5. The second-order valence-electron chi connectivity index (χ2n) is 7.83. The van der Waals surface area contributed by atoms with Gasteiger partial charge in [-0.05, 0) is 43.9 Å². The summed E-state index contributed by atoms with van der Waals surface area (Å²) in [5.41, 5.74) is -0.945. The number of nitrogens with one attached hydrogen (secondary N) is 2. The number of hydrogen-bond donors (Lipinski definition) is 2. The van der Waals surface area contributed by atoms with Crippen molar-refractivity contribution in [2.24, 2.45) is 0 Å². The summed E-state index contributed by atoms with van der Waals surface area (Å²) in [4.78, 5) is 28.1. The quantitative estimate of drug-likeness (QED) is 0.597. The first-order valence-corrected chi connectivity index (χ1v) is 11.6. The first-order chi connectivity index (χ1) is 14.4. The molecule has 11 heteroatoms. The van der Waals surface area contributed by atoms with Crippen LogP contribution in [0.15, 0.2) is 32.7 Å². The van der Waals surface area contributed by atoms with Crippen molar-refractivity contribution in [3.63, 3.8) is 0 Å². The van der Waals surface area contributed by atoms with E-state index in [4.69, 9.17) is 0 Å². The van der Waals surface area contributed by atoms with Gasteiger partial charge in [0.05, 0.1) is 22.0 Å². The molecule has 0 spiro atoms. The molecule has 10 nitrogen and oxygen atoms in total. The monoisotopic (exact) mass is 430 g/mol. The van der Waals surface area contributed by atoms with Crippen LogP contribution in [0.3, 0.4) is 0 Å². The minimum Gasteiger partial charge on any atom is -0.316 e. The van der Waals surface area contributed by atoms with E-state index in [-0.39, 0.29) is 16.5 Å². The molecule has 2 aromatic heterocycles. The Labute approximate surface area is 172 Å². The lowest BCUT2D eigenvalue weighted by Crippen LogP contribution is -2.32. The third-order valence-corrected chi connectivity index (χ3v) is 7.84. The Bertz CT molecular complexity index is 1340. The normalized spacial score (nSPS) is 20.3. The molecule has 2 N–H and O–H groups in total. The van der Waals surface area contributed by atoms with Gasteiger partial charge in [0.25, 0.3) is 0 Å². The van der Waals surface area contributed by atoms with Crippen LogP contribution in [0.5, 0.6) is 0 Å². The van der Waals surface area contributed by atoms with E-state index >= 15 is 0 Å². The van der Waals surface area contributed by atoms with Gasteiger partial charge in [0.1, 0.15) is 5.82 Å². The van der Waals surface area contributed by atoms with Crippen LogP contribution in [0.4, 0.5) is 0 Å². The average molecular weight is 430 g/mol.